The zero-order chi connectivity index (χ0) is 19.5. The van der Waals surface area contributed by atoms with E-state index in [2.05, 4.69) is 11.1 Å². The summed E-state index contributed by atoms with van der Waals surface area (Å²) < 4.78 is 5.87. The minimum atomic E-state index is -0.406. The second-order valence-electron chi connectivity index (χ2n) is 7.32. The van der Waals surface area contributed by atoms with Gasteiger partial charge in [0.2, 0.25) is 0 Å². The molecule has 0 saturated carbocycles. The molecule has 140 valence electrons. The van der Waals surface area contributed by atoms with Crippen LogP contribution in [-0.4, -0.2) is 11.5 Å². The lowest BCUT2D eigenvalue weighted by Crippen LogP contribution is -2.30. The Balaban J connectivity index is 1.60. The Bertz CT molecular complexity index is 982. The summed E-state index contributed by atoms with van der Waals surface area (Å²) in [7, 11) is 0. The van der Waals surface area contributed by atoms with Crippen molar-refractivity contribution in [1.29, 1.82) is 5.26 Å². The van der Waals surface area contributed by atoms with Gasteiger partial charge in [0.15, 0.2) is 5.78 Å². The highest BCUT2D eigenvalue weighted by atomic mass is 16.5. The number of carbonyl (C=O) groups is 1. The highest BCUT2D eigenvalue weighted by Crippen LogP contribution is 2.43. The summed E-state index contributed by atoms with van der Waals surface area (Å²) >= 11 is 0. The molecular weight excluding hydrogens is 348 g/mol. The Morgan fingerprint density at radius 1 is 1.11 bits per heavy atom. The van der Waals surface area contributed by atoms with Gasteiger partial charge in [0, 0.05) is 29.3 Å². The van der Waals surface area contributed by atoms with Gasteiger partial charge in [-0.2, -0.15) is 5.26 Å². The maximum absolute atomic E-state index is 12.6. The van der Waals surface area contributed by atoms with Crippen molar-refractivity contribution < 1.29 is 9.53 Å². The van der Waals surface area contributed by atoms with Gasteiger partial charge in [0.1, 0.15) is 12.4 Å². The van der Waals surface area contributed by atoms with Crippen molar-refractivity contribution in [2.24, 2.45) is 10.9 Å². The maximum atomic E-state index is 12.6. The number of ether oxygens (including phenoxy) is 1. The summed E-state index contributed by atoms with van der Waals surface area (Å²) in [6.07, 6.45) is 2.19. The molecule has 0 amide bonds. The molecule has 2 atom stereocenters. The fraction of sp³-hybridized carbons (Fsp3) is 0.292. The number of allylic oxidation sites excluding steroid dienone is 2. The molecule has 0 aromatic heterocycles. The van der Waals surface area contributed by atoms with Gasteiger partial charge in [-0.1, -0.05) is 42.5 Å². The molecule has 2 aromatic carbocycles. The first-order chi connectivity index (χ1) is 13.7. The van der Waals surface area contributed by atoms with Crippen LogP contribution in [0.2, 0.25) is 0 Å². The summed E-state index contributed by atoms with van der Waals surface area (Å²) in [4.78, 5) is 17.2. The van der Waals surface area contributed by atoms with Crippen molar-refractivity contribution in [3.63, 3.8) is 0 Å². The number of ketones is 1. The van der Waals surface area contributed by atoms with Crippen LogP contribution in [0.4, 0.5) is 0 Å². The number of nitrogens with zero attached hydrogens (tertiary/aromatic N) is 2. The van der Waals surface area contributed by atoms with Crippen LogP contribution in [0.15, 0.2) is 70.9 Å². The largest absolute Gasteiger partial charge is 0.489 e. The van der Waals surface area contributed by atoms with Gasteiger partial charge in [0.25, 0.3) is 0 Å². The van der Waals surface area contributed by atoms with Crippen molar-refractivity contribution in [3.05, 3.63) is 77.0 Å². The molecule has 0 saturated heterocycles. The molecule has 28 heavy (non-hydrogen) atoms. The van der Waals surface area contributed by atoms with Gasteiger partial charge < -0.3 is 4.74 Å². The number of nitriles is 1. The Kier molecular flexibility index (Phi) is 5.08. The molecule has 2 unspecified atom stereocenters. The lowest BCUT2D eigenvalue weighted by atomic mass is 9.72. The Morgan fingerprint density at radius 3 is 2.57 bits per heavy atom. The minimum Gasteiger partial charge on any atom is -0.489 e. The highest BCUT2D eigenvalue weighted by molar-refractivity contribution is 6.02. The Morgan fingerprint density at radius 2 is 1.86 bits per heavy atom. The van der Waals surface area contributed by atoms with Crippen LogP contribution in [0.5, 0.6) is 5.75 Å². The van der Waals surface area contributed by atoms with Crippen molar-refractivity contribution in [2.75, 3.05) is 0 Å². The third-order valence-corrected chi connectivity index (χ3v) is 5.46. The minimum absolute atomic E-state index is 0.132. The van der Waals surface area contributed by atoms with E-state index in [1.54, 1.807) is 0 Å². The first kappa shape index (κ1) is 18.2. The normalized spacial score (nSPS) is 21.6. The Hall–Kier alpha value is -3.19. The van der Waals surface area contributed by atoms with E-state index >= 15 is 0 Å². The van der Waals surface area contributed by atoms with E-state index in [-0.39, 0.29) is 11.7 Å². The van der Waals surface area contributed by atoms with E-state index in [9.17, 15) is 10.1 Å². The van der Waals surface area contributed by atoms with Gasteiger partial charge >= 0.3 is 0 Å². The molecule has 2 aromatic rings. The predicted octanol–water partition coefficient (Wildman–Crippen LogP) is 4.97. The van der Waals surface area contributed by atoms with Gasteiger partial charge in [-0.05, 0) is 43.0 Å². The summed E-state index contributed by atoms with van der Waals surface area (Å²) in [6, 6.07) is 20.2. The van der Waals surface area contributed by atoms with E-state index in [1.807, 2.05) is 61.5 Å². The van der Waals surface area contributed by atoms with Crippen LogP contribution in [0, 0.1) is 17.2 Å². The molecular formula is C24H22N2O2. The number of carbonyl (C=O) groups excluding carboxylic acids is 1. The first-order valence-electron chi connectivity index (χ1n) is 9.65. The summed E-state index contributed by atoms with van der Waals surface area (Å²) in [5.41, 5.74) is 4.48. The molecule has 4 nitrogen and oxygen atoms in total. The third kappa shape index (κ3) is 3.48. The number of aliphatic imine (C=N–C) groups is 1. The molecule has 1 heterocycles. The summed E-state index contributed by atoms with van der Waals surface area (Å²) in [5.74, 6) is 0.254. The van der Waals surface area contributed by atoms with Crippen LogP contribution < -0.4 is 4.74 Å². The highest BCUT2D eigenvalue weighted by Gasteiger charge is 2.38. The van der Waals surface area contributed by atoms with E-state index in [0.29, 0.717) is 13.0 Å². The second kappa shape index (κ2) is 7.82. The monoisotopic (exact) mass is 370 g/mol. The Labute approximate surface area is 165 Å². The lowest BCUT2D eigenvalue weighted by molar-refractivity contribution is -0.116. The average Bonchev–Trinajstić information content (AvgIpc) is 2.73. The number of rotatable bonds is 4. The molecule has 1 aliphatic carbocycles. The number of Topliss-reactive ketones (excluding diaryl/α,β-unsaturated/α-hetero) is 1. The van der Waals surface area contributed by atoms with E-state index in [4.69, 9.17) is 4.74 Å². The molecule has 2 aliphatic rings. The van der Waals surface area contributed by atoms with Crippen molar-refractivity contribution >= 4 is 11.5 Å². The number of hydrogen-bond acceptors (Lipinski definition) is 4. The van der Waals surface area contributed by atoms with Crippen LogP contribution >= 0.6 is 0 Å². The molecule has 0 spiro atoms. The molecule has 4 rings (SSSR count). The molecule has 0 radical (unpaired) electrons. The summed E-state index contributed by atoms with van der Waals surface area (Å²) in [6.45, 7) is 2.39. The maximum Gasteiger partial charge on any atom is 0.161 e. The smallest absolute Gasteiger partial charge is 0.161 e. The summed E-state index contributed by atoms with van der Waals surface area (Å²) in [5, 5.41) is 9.75. The molecule has 0 N–H and O–H groups in total. The fourth-order valence-electron chi connectivity index (χ4n) is 4.05. The van der Waals surface area contributed by atoms with Crippen LogP contribution in [0.3, 0.4) is 0 Å². The zero-order valence-corrected chi connectivity index (χ0v) is 15.9. The number of hydrogen-bond donors (Lipinski definition) is 0. The quantitative estimate of drug-likeness (QED) is 0.763. The number of benzene rings is 2. The topological polar surface area (TPSA) is 62.4 Å². The van der Waals surface area contributed by atoms with Gasteiger partial charge in [0.05, 0.1) is 12.0 Å². The van der Waals surface area contributed by atoms with E-state index < -0.39 is 5.92 Å². The van der Waals surface area contributed by atoms with Crippen molar-refractivity contribution in [1.82, 2.24) is 0 Å². The molecule has 1 aliphatic heterocycles. The van der Waals surface area contributed by atoms with Gasteiger partial charge in [-0.3, -0.25) is 9.79 Å². The standard InChI is InChI=1S/C24H22N2O2/c1-16-20(14-25)23(24-21(26-16)8-5-9-22(24)27)18-10-12-19(13-11-18)28-15-17-6-3-2-4-7-17/h2-4,6-7,10-13,20,23H,5,8-9,15H2,1H3. The fourth-order valence-corrected chi connectivity index (χ4v) is 4.05. The molecule has 0 bridgehead atoms. The molecule has 0 fully saturated rings. The van der Waals surface area contributed by atoms with Gasteiger partial charge in [-0.25, -0.2) is 0 Å². The average molecular weight is 370 g/mol. The zero-order valence-electron chi connectivity index (χ0n) is 15.9. The lowest BCUT2D eigenvalue weighted by Gasteiger charge is -2.32. The third-order valence-electron chi connectivity index (χ3n) is 5.46. The van der Waals surface area contributed by atoms with Crippen molar-refractivity contribution in [3.8, 4) is 11.8 Å². The SMILES string of the molecule is CC1=NC2=C(C(=O)CCC2)C(c2ccc(OCc3ccccc3)cc2)C1C#N. The van der Waals surface area contributed by atoms with Crippen LogP contribution in [0.25, 0.3) is 0 Å². The van der Waals surface area contributed by atoms with E-state index in [0.717, 1.165) is 46.7 Å². The van der Waals surface area contributed by atoms with Crippen LogP contribution in [-0.2, 0) is 11.4 Å². The predicted molar refractivity (Wildman–Crippen MR) is 108 cm³/mol. The molecule has 4 heteroatoms. The van der Waals surface area contributed by atoms with Crippen molar-refractivity contribution in [2.45, 2.75) is 38.7 Å². The second-order valence-corrected chi connectivity index (χ2v) is 7.32. The van der Waals surface area contributed by atoms with Crippen LogP contribution in [0.1, 0.15) is 43.2 Å². The van der Waals surface area contributed by atoms with E-state index in [1.165, 1.54) is 0 Å². The van der Waals surface area contributed by atoms with Gasteiger partial charge in [-0.15, -0.1) is 0 Å². The first-order valence-corrected chi connectivity index (χ1v) is 9.65.